The number of aryl methyl sites for hydroxylation is 1. The Labute approximate surface area is 122 Å². The Morgan fingerprint density at radius 3 is 3.05 bits per heavy atom. The first-order valence-electron chi connectivity index (χ1n) is 6.82. The van der Waals surface area contributed by atoms with Crippen LogP contribution in [-0.2, 0) is 6.42 Å². The van der Waals surface area contributed by atoms with Crippen LogP contribution in [0, 0.1) is 6.92 Å². The highest BCUT2D eigenvalue weighted by Crippen LogP contribution is 2.28. The van der Waals surface area contributed by atoms with Gasteiger partial charge < -0.3 is 15.2 Å². The number of H-pyrrole nitrogens is 1. The molecule has 1 aromatic carbocycles. The first-order valence-corrected chi connectivity index (χ1v) is 7.61. The summed E-state index contributed by atoms with van der Waals surface area (Å²) in [4.78, 5) is 5.83. The van der Waals surface area contributed by atoms with E-state index in [9.17, 15) is 0 Å². The topological polar surface area (TPSA) is 31.1 Å². The summed E-state index contributed by atoms with van der Waals surface area (Å²) >= 11 is 3.68. The fourth-order valence-corrected chi connectivity index (χ4v) is 3.49. The van der Waals surface area contributed by atoms with Crippen LogP contribution in [0.2, 0.25) is 0 Å². The Kier molecular flexibility index (Phi) is 3.65. The second-order valence-corrected chi connectivity index (χ2v) is 6.38. The van der Waals surface area contributed by atoms with Gasteiger partial charge in [0.05, 0.1) is 4.60 Å². The van der Waals surface area contributed by atoms with Gasteiger partial charge in [-0.1, -0.05) is 11.6 Å². The smallest absolute Gasteiger partial charge is 0.0864 e. The number of nitrogens with one attached hydrogen (secondary N) is 2. The van der Waals surface area contributed by atoms with E-state index in [0.29, 0.717) is 6.04 Å². The molecule has 3 rings (SSSR count). The van der Waals surface area contributed by atoms with Crippen molar-refractivity contribution in [3.8, 4) is 0 Å². The minimum absolute atomic E-state index is 0.537. The van der Waals surface area contributed by atoms with Gasteiger partial charge in [0.15, 0.2) is 0 Å². The maximum Gasteiger partial charge on any atom is 0.0864 e. The maximum absolute atomic E-state index is 3.68. The minimum Gasteiger partial charge on any atom is -0.349 e. The molecule has 19 heavy (non-hydrogen) atoms. The van der Waals surface area contributed by atoms with E-state index in [1.807, 2.05) is 0 Å². The summed E-state index contributed by atoms with van der Waals surface area (Å²) in [6, 6.07) is 7.13. The number of hydrogen-bond acceptors (Lipinski definition) is 2. The molecule has 0 aliphatic carbocycles. The molecular formula is C15H20BrN3. The van der Waals surface area contributed by atoms with Crippen LogP contribution in [0.4, 0.5) is 0 Å². The fourth-order valence-electron chi connectivity index (χ4n) is 2.90. The van der Waals surface area contributed by atoms with Crippen molar-refractivity contribution in [3.05, 3.63) is 33.9 Å². The van der Waals surface area contributed by atoms with Gasteiger partial charge >= 0.3 is 0 Å². The maximum atomic E-state index is 3.68. The van der Waals surface area contributed by atoms with Gasteiger partial charge in [-0.3, -0.25) is 0 Å². The molecule has 1 atom stereocenters. The first-order chi connectivity index (χ1) is 9.13. The molecule has 0 spiro atoms. The number of rotatable bonds is 2. The van der Waals surface area contributed by atoms with E-state index in [0.717, 1.165) is 30.7 Å². The first kappa shape index (κ1) is 13.2. The van der Waals surface area contributed by atoms with E-state index in [4.69, 9.17) is 0 Å². The molecular weight excluding hydrogens is 302 g/mol. The standard InChI is InChI=1S/C15H20BrN3/c1-10-3-4-14-12(7-10)13(15(16)18-14)8-11-9-19(2)6-5-17-11/h3-4,7,11,17-18H,5-6,8-9H2,1-2H3. The highest BCUT2D eigenvalue weighted by molar-refractivity contribution is 9.10. The van der Waals surface area contributed by atoms with Crippen LogP contribution in [0.3, 0.4) is 0 Å². The molecule has 1 fully saturated rings. The molecule has 2 heterocycles. The third-order valence-corrected chi connectivity index (χ3v) is 4.60. The Hall–Kier alpha value is -0.840. The summed E-state index contributed by atoms with van der Waals surface area (Å²) in [6.07, 6.45) is 1.06. The van der Waals surface area contributed by atoms with E-state index >= 15 is 0 Å². The van der Waals surface area contributed by atoms with Crippen LogP contribution in [-0.4, -0.2) is 42.6 Å². The molecule has 3 nitrogen and oxygen atoms in total. The lowest BCUT2D eigenvalue weighted by molar-refractivity contribution is 0.238. The highest BCUT2D eigenvalue weighted by atomic mass is 79.9. The highest BCUT2D eigenvalue weighted by Gasteiger charge is 2.20. The lowest BCUT2D eigenvalue weighted by atomic mass is 10.0. The number of aromatic amines is 1. The average Bonchev–Trinajstić information content (AvgIpc) is 2.66. The van der Waals surface area contributed by atoms with Crippen LogP contribution in [0.15, 0.2) is 22.8 Å². The minimum atomic E-state index is 0.537. The van der Waals surface area contributed by atoms with Crippen molar-refractivity contribution >= 4 is 26.8 Å². The van der Waals surface area contributed by atoms with Gasteiger partial charge in [-0.25, -0.2) is 0 Å². The Morgan fingerprint density at radius 1 is 1.42 bits per heavy atom. The molecule has 1 aromatic heterocycles. The monoisotopic (exact) mass is 321 g/mol. The van der Waals surface area contributed by atoms with Crippen LogP contribution in [0.25, 0.3) is 10.9 Å². The molecule has 4 heteroatoms. The van der Waals surface area contributed by atoms with E-state index in [2.05, 4.69) is 63.3 Å². The second-order valence-electron chi connectivity index (χ2n) is 5.58. The summed E-state index contributed by atoms with van der Waals surface area (Å²) < 4.78 is 1.13. The van der Waals surface area contributed by atoms with E-state index in [1.165, 1.54) is 22.0 Å². The van der Waals surface area contributed by atoms with Crippen molar-refractivity contribution in [1.29, 1.82) is 0 Å². The predicted octanol–water partition coefficient (Wildman–Crippen LogP) is 2.68. The van der Waals surface area contributed by atoms with Gasteiger partial charge in [0.2, 0.25) is 0 Å². The molecule has 0 bridgehead atoms. The van der Waals surface area contributed by atoms with Crippen molar-refractivity contribution in [2.75, 3.05) is 26.7 Å². The molecule has 2 N–H and O–H groups in total. The van der Waals surface area contributed by atoms with Crippen molar-refractivity contribution in [3.63, 3.8) is 0 Å². The van der Waals surface area contributed by atoms with Crippen LogP contribution in [0.5, 0.6) is 0 Å². The van der Waals surface area contributed by atoms with Crippen LogP contribution in [0.1, 0.15) is 11.1 Å². The molecule has 2 aromatic rings. The summed E-state index contributed by atoms with van der Waals surface area (Å²) in [6.45, 7) is 5.49. The van der Waals surface area contributed by atoms with Gasteiger partial charge in [0, 0.05) is 36.6 Å². The van der Waals surface area contributed by atoms with Gasteiger partial charge in [-0.15, -0.1) is 0 Å². The third-order valence-electron chi connectivity index (χ3n) is 3.92. The fraction of sp³-hybridized carbons (Fsp3) is 0.467. The van der Waals surface area contributed by atoms with Crippen molar-refractivity contribution in [1.82, 2.24) is 15.2 Å². The van der Waals surface area contributed by atoms with Crippen molar-refractivity contribution < 1.29 is 0 Å². The average molecular weight is 322 g/mol. The van der Waals surface area contributed by atoms with Crippen molar-refractivity contribution in [2.45, 2.75) is 19.4 Å². The van der Waals surface area contributed by atoms with Crippen molar-refractivity contribution in [2.24, 2.45) is 0 Å². The lowest BCUT2D eigenvalue weighted by Gasteiger charge is -2.31. The number of aromatic nitrogens is 1. The molecule has 102 valence electrons. The zero-order valence-electron chi connectivity index (χ0n) is 11.5. The molecule has 1 unspecified atom stereocenters. The van der Waals surface area contributed by atoms with Gasteiger partial charge in [-0.2, -0.15) is 0 Å². The number of halogens is 1. The van der Waals surface area contributed by atoms with Gasteiger partial charge in [0.25, 0.3) is 0 Å². The largest absolute Gasteiger partial charge is 0.349 e. The summed E-state index contributed by atoms with van der Waals surface area (Å²) in [5, 5.41) is 4.97. The number of fused-ring (bicyclic) bond motifs is 1. The van der Waals surface area contributed by atoms with E-state index < -0.39 is 0 Å². The normalized spacial score (nSPS) is 21.1. The third kappa shape index (κ3) is 2.71. The molecule has 0 saturated carbocycles. The lowest BCUT2D eigenvalue weighted by Crippen LogP contribution is -2.49. The van der Waals surface area contributed by atoms with E-state index in [-0.39, 0.29) is 0 Å². The van der Waals surface area contributed by atoms with Gasteiger partial charge in [-0.05, 0) is 54.0 Å². The summed E-state index contributed by atoms with van der Waals surface area (Å²) in [5.41, 5.74) is 3.93. The Balaban J connectivity index is 1.91. The summed E-state index contributed by atoms with van der Waals surface area (Å²) in [7, 11) is 2.20. The van der Waals surface area contributed by atoms with E-state index in [1.54, 1.807) is 0 Å². The molecule has 1 aliphatic heterocycles. The number of piperazine rings is 1. The Bertz CT molecular complexity index is 590. The summed E-state index contributed by atoms with van der Waals surface area (Å²) in [5.74, 6) is 0. The van der Waals surface area contributed by atoms with Crippen LogP contribution < -0.4 is 5.32 Å². The zero-order chi connectivity index (χ0) is 13.4. The molecule has 0 radical (unpaired) electrons. The second kappa shape index (κ2) is 5.27. The number of nitrogens with zero attached hydrogens (tertiary/aromatic N) is 1. The zero-order valence-corrected chi connectivity index (χ0v) is 13.0. The van der Waals surface area contributed by atoms with Crippen LogP contribution >= 0.6 is 15.9 Å². The quantitative estimate of drug-likeness (QED) is 0.891. The van der Waals surface area contributed by atoms with Gasteiger partial charge in [0.1, 0.15) is 0 Å². The predicted molar refractivity (Wildman–Crippen MR) is 83.7 cm³/mol. The Morgan fingerprint density at radius 2 is 2.26 bits per heavy atom. The molecule has 0 amide bonds. The number of likely N-dealkylation sites (N-methyl/N-ethyl adjacent to an activating group) is 1. The molecule has 1 aliphatic rings. The SMILES string of the molecule is Cc1ccc2[nH]c(Br)c(CC3CN(C)CCN3)c2c1. The number of hydrogen-bond donors (Lipinski definition) is 2. The number of benzene rings is 1. The molecule has 1 saturated heterocycles.